The molecule has 1 aliphatic heterocycles. The molecule has 3 heterocycles. The van der Waals surface area contributed by atoms with Gasteiger partial charge in [-0.25, -0.2) is 4.98 Å². The minimum Gasteiger partial charge on any atom is -0.497 e. The third-order valence-electron chi connectivity index (χ3n) is 7.00. The minimum atomic E-state index is -0.212. The van der Waals surface area contributed by atoms with Crippen LogP contribution in [-0.2, 0) is 4.79 Å². The third kappa shape index (κ3) is 5.35. The Morgan fingerprint density at radius 1 is 1.11 bits per heavy atom. The van der Waals surface area contributed by atoms with Crippen molar-refractivity contribution in [1.82, 2.24) is 14.9 Å². The number of nitrogens with one attached hydrogen (secondary N) is 2. The fourth-order valence-electron chi connectivity index (χ4n) is 4.73. The van der Waals surface area contributed by atoms with Gasteiger partial charge in [-0.15, -0.1) is 0 Å². The van der Waals surface area contributed by atoms with Crippen molar-refractivity contribution in [3.8, 4) is 16.9 Å². The van der Waals surface area contributed by atoms with E-state index in [-0.39, 0.29) is 29.3 Å². The van der Waals surface area contributed by atoms with Crippen LogP contribution in [0.25, 0.3) is 11.1 Å². The summed E-state index contributed by atoms with van der Waals surface area (Å²) in [6.07, 6.45) is 3.54. The number of hydrogen-bond acceptors (Lipinski definition) is 6. The highest BCUT2D eigenvalue weighted by molar-refractivity contribution is 5.95. The predicted octanol–water partition coefficient (Wildman–Crippen LogP) is 3.45. The second-order valence-electron chi connectivity index (χ2n) is 9.79. The molecule has 2 aromatic heterocycles. The van der Waals surface area contributed by atoms with Crippen LogP contribution >= 0.6 is 0 Å². The normalized spacial score (nSPS) is 17.4. The molecule has 0 bridgehead atoms. The zero-order valence-electron chi connectivity index (χ0n) is 21.3. The molecule has 3 aromatic rings. The van der Waals surface area contributed by atoms with Crippen LogP contribution in [0.1, 0.15) is 35.7 Å². The average Bonchev–Trinajstić information content (AvgIpc) is 3.75. The maximum absolute atomic E-state index is 13.0. The van der Waals surface area contributed by atoms with Gasteiger partial charge in [0.05, 0.1) is 7.11 Å². The van der Waals surface area contributed by atoms with Gasteiger partial charge in [0.25, 0.3) is 5.91 Å². The Bertz CT molecular complexity index is 1380. The standard InChI is InChI=1S/C28H31N5O4/c1-17-15-29-24(30-27(35)19-4-5-19)14-23(17)21-12-25(31-26(34)13-21)33-11-10-32(16-18(33)2)28(36)20-6-8-22(37-3)9-7-20/h6-9,12-15,18-19H,4-5,10-11,16H2,1-3H3,(H,31,34)(H,29,30,35). The lowest BCUT2D eigenvalue weighted by Crippen LogP contribution is -2.54. The zero-order valence-corrected chi connectivity index (χ0v) is 21.3. The van der Waals surface area contributed by atoms with Gasteiger partial charge in [-0.1, -0.05) is 0 Å². The van der Waals surface area contributed by atoms with E-state index in [0.29, 0.717) is 42.6 Å². The summed E-state index contributed by atoms with van der Waals surface area (Å²) in [7, 11) is 1.60. The summed E-state index contributed by atoms with van der Waals surface area (Å²) in [4.78, 5) is 49.2. The minimum absolute atomic E-state index is 0.00576. The first kappa shape index (κ1) is 24.5. The molecule has 2 amide bonds. The van der Waals surface area contributed by atoms with Crippen molar-refractivity contribution in [2.24, 2.45) is 5.92 Å². The number of anilines is 2. The van der Waals surface area contributed by atoms with Gasteiger partial charge in [0.2, 0.25) is 11.5 Å². The number of carbonyl (C=O) groups excluding carboxylic acids is 2. The number of pyridine rings is 2. The lowest BCUT2D eigenvalue weighted by Gasteiger charge is -2.41. The maximum Gasteiger partial charge on any atom is 0.253 e. The molecule has 9 nitrogen and oxygen atoms in total. The third-order valence-corrected chi connectivity index (χ3v) is 7.00. The van der Waals surface area contributed by atoms with E-state index in [1.807, 2.05) is 30.9 Å². The Morgan fingerprint density at radius 3 is 2.54 bits per heavy atom. The molecule has 1 unspecified atom stereocenters. The lowest BCUT2D eigenvalue weighted by molar-refractivity contribution is -0.117. The average molecular weight is 502 g/mol. The molecule has 192 valence electrons. The van der Waals surface area contributed by atoms with Crippen molar-refractivity contribution in [3.63, 3.8) is 0 Å². The number of amides is 2. The molecule has 1 aromatic carbocycles. The van der Waals surface area contributed by atoms with Crippen LogP contribution < -0.4 is 20.5 Å². The number of benzene rings is 1. The number of rotatable bonds is 6. The van der Waals surface area contributed by atoms with Gasteiger partial charge in [0.15, 0.2) is 0 Å². The summed E-state index contributed by atoms with van der Waals surface area (Å²) < 4.78 is 5.19. The largest absolute Gasteiger partial charge is 0.497 e. The Labute approximate surface area is 215 Å². The summed E-state index contributed by atoms with van der Waals surface area (Å²) in [6, 6.07) is 12.5. The van der Waals surface area contributed by atoms with Crippen LogP contribution in [0, 0.1) is 12.8 Å². The van der Waals surface area contributed by atoms with Crippen LogP contribution in [0.2, 0.25) is 0 Å². The molecule has 0 spiro atoms. The fraction of sp³-hybridized carbons (Fsp3) is 0.357. The molecule has 5 rings (SSSR count). The Hall–Kier alpha value is -4.14. The van der Waals surface area contributed by atoms with E-state index in [0.717, 1.165) is 29.5 Å². The van der Waals surface area contributed by atoms with Crippen LogP contribution in [0.4, 0.5) is 11.6 Å². The molecular weight excluding hydrogens is 470 g/mol. The van der Waals surface area contributed by atoms with Crippen molar-refractivity contribution in [2.45, 2.75) is 32.7 Å². The summed E-state index contributed by atoms with van der Waals surface area (Å²) in [5.74, 6) is 1.94. The number of aromatic amines is 1. The molecule has 2 fully saturated rings. The van der Waals surface area contributed by atoms with Crippen molar-refractivity contribution in [3.05, 3.63) is 70.1 Å². The highest BCUT2D eigenvalue weighted by atomic mass is 16.5. The number of nitrogens with zero attached hydrogens (tertiary/aromatic N) is 3. The first-order valence-corrected chi connectivity index (χ1v) is 12.5. The van der Waals surface area contributed by atoms with Gasteiger partial charge in [-0.05, 0) is 79.8 Å². The van der Waals surface area contributed by atoms with Crippen molar-refractivity contribution in [2.75, 3.05) is 37.0 Å². The quantitative estimate of drug-likeness (QED) is 0.536. The van der Waals surface area contributed by atoms with Gasteiger partial charge >= 0.3 is 0 Å². The second-order valence-corrected chi connectivity index (χ2v) is 9.79. The number of piperazine rings is 1. The number of ether oxygens (including phenoxy) is 1. The van der Waals surface area contributed by atoms with E-state index >= 15 is 0 Å². The van der Waals surface area contributed by atoms with Gasteiger partial charge in [0.1, 0.15) is 17.4 Å². The van der Waals surface area contributed by atoms with Crippen molar-refractivity contribution in [1.29, 1.82) is 0 Å². The van der Waals surface area contributed by atoms with Gasteiger partial charge in [-0.2, -0.15) is 0 Å². The molecule has 1 saturated carbocycles. The van der Waals surface area contributed by atoms with Crippen molar-refractivity contribution < 1.29 is 14.3 Å². The molecule has 1 aliphatic carbocycles. The summed E-state index contributed by atoms with van der Waals surface area (Å²) in [6.45, 7) is 5.62. The van der Waals surface area contributed by atoms with Crippen LogP contribution in [0.15, 0.2) is 53.5 Å². The van der Waals surface area contributed by atoms with E-state index in [1.165, 1.54) is 0 Å². The SMILES string of the molecule is COc1ccc(C(=O)N2CCN(c3cc(-c4cc(NC(=O)C5CC5)ncc4C)cc(=O)[nH]3)C(C)C2)cc1. The van der Waals surface area contributed by atoms with E-state index in [4.69, 9.17) is 4.74 Å². The lowest BCUT2D eigenvalue weighted by atomic mass is 10.0. The number of H-pyrrole nitrogens is 1. The van der Waals surface area contributed by atoms with E-state index in [9.17, 15) is 14.4 Å². The van der Waals surface area contributed by atoms with Crippen LogP contribution in [0.5, 0.6) is 5.75 Å². The zero-order chi connectivity index (χ0) is 26.1. The summed E-state index contributed by atoms with van der Waals surface area (Å²) in [5.41, 5.74) is 2.91. The molecule has 0 radical (unpaired) electrons. The monoisotopic (exact) mass is 501 g/mol. The molecule has 9 heteroatoms. The van der Waals surface area contributed by atoms with Crippen LogP contribution in [-0.4, -0.2) is 59.5 Å². The first-order chi connectivity index (χ1) is 17.8. The number of methoxy groups -OCH3 is 1. The summed E-state index contributed by atoms with van der Waals surface area (Å²) >= 11 is 0. The number of aromatic nitrogens is 2. The summed E-state index contributed by atoms with van der Waals surface area (Å²) in [5, 5.41) is 2.89. The number of hydrogen-bond donors (Lipinski definition) is 2. The Kier molecular flexibility index (Phi) is 6.69. The Morgan fingerprint density at radius 2 is 1.86 bits per heavy atom. The van der Waals surface area contributed by atoms with Gasteiger partial charge in [0, 0.05) is 49.4 Å². The predicted molar refractivity (Wildman–Crippen MR) is 142 cm³/mol. The Balaban J connectivity index is 1.34. The second kappa shape index (κ2) is 10.1. The maximum atomic E-state index is 13.0. The fourth-order valence-corrected chi connectivity index (χ4v) is 4.73. The molecular formula is C28H31N5O4. The topological polar surface area (TPSA) is 108 Å². The molecule has 2 N–H and O–H groups in total. The molecule has 1 saturated heterocycles. The molecule has 2 aliphatic rings. The highest BCUT2D eigenvalue weighted by Crippen LogP contribution is 2.31. The molecule has 1 atom stereocenters. The van der Waals surface area contributed by atoms with E-state index in [1.54, 1.807) is 43.6 Å². The molecule has 37 heavy (non-hydrogen) atoms. The number of aryl methyl sites for hydroxylation is 1. The van der Waals surface area contributed by atoms with Gasteiger partial charge < -0.3 is 24.8 Å². The van der Waals surface area contributed by atoms with Crippen molar-refractivity contribution >= 4 is 23.5 Å². The smallest absolute Gasteiger partial charge is 0.253 e. The van der Waals surface area contributed by atoms with E-state index in [2.05, 4.69) is 20.2 Å². The first-order valence-electron chi connectivity index (χ1n) is 12.5. The number of carbonyl (C=O) groups is 2. The van der Waals surface area contributed by atoms with Crippen LogP contribution in [0.3, 0.4) is 0 Å². The van der Waals surface area contributed by atoms with Gasteiger partial charge in [-0.3, -0.25) is 14.4 Å². The highest BCUT2D eigenvalue weighted by Gasteiger charge is 2.30. The van der Waals surface area contributed by atoms with E-state index < -0.39 is 0 Å².